The summed E-state index contributed by atoms with van der Waals surface area (Å²) in [6, 6.07) is 0. The zero-order valence-corrected chi connectivity index (χ0v) is 11.8. The van der Waals surface area contributed by atoms with Crippen molar-refractivity contribution in [3.8, 4) is 0 Å². The van der Waals surface area contributed by atoms with E-state index in [0.29, 0.717) is 6.42 Å². The molecule has 0 amide bonds. The smallest absolute Gasteiger partial charge is 0.322 e. The zero-order chi connectivity index (χ0) is 14.0. The van der Waals surface area contributed by atoms with Crippen molar-refractivity contribution in [2.45, 2.75) is 65.2 Å². The fourth-order valence-electron chi connectivity index (χ4n) is 1.96. The number of rotatable bonds is 10. The molecule has 4 heteroatoms. The molecule has 0 aromatic carbocycles. The number of ether oxygens (including phenoxy) is 1. The molecule has 0 aromatic heterocycles. The molecule has 0 fully saturated rings. The molecule has 0 aliphatic carbocycles. The fraction of sp³-hybridized carbons (Fsp3) is 0.857. The van der Waals surface area contributed by atoms with Crippen LogP contribution in [-0.2, 0) is 14.3 Å². The highest BCUT2D eigenvalue weighted by Gasteiger charge is 2.41. The number of carboxylic acids is 1. The minimum Gasteiger partial charge on any atom is -0.480 e. The molecule has 1 atom stereocenters. The van der Waals surface area contributed by atoms with Gasteiger partial charge in [-0.1, -0.05) is 51.9 Å². The van der Waals surface area contributed by atoms with Gasteiger partial charge < -0.3 is 9.84 Å². The normalized spacial score (nSPS) is 13.9. The van der Waals surface area contributed by atoms with Crippen LogP contribution < -0.4 is 0 Å². The van der Waals surface area contributed by atoms with Gasteiger partial charge in [0.1, 0.15) is 0 Å². The third-order valence-corrected chi connectivity index (χ3v) is 3.39. The van der Waals surface area contributed by atoms with Crippen LogP contribution in [0.15, 0.2) is 0 Å². The van der Waals surface area contributed by atoms with Crippen LogP contribution in [0.5, 0.6) is 0 Å². The van der Waals surface area contributed by atoms with E-state index < -0.39 is 17.4 Å². The summed E-state index contributed by atoms with van der Waals surface area (Å²) >= 11 is 0. The van der Waals surface area contributed by atoms with Gasteiger partial charge in [-0.3, -0.25) is 9.59 Å². The summed E-state index contributed by atoms with van der Waals surface area (Å²) in [5, 5.41) is 9.11. The predicted octanol–water partition coefficient (Wildman–Crippen LogP) is 3.39. The largest absolute Gasteiger partial charge is 0.480 e. The third kappa shape index (κ3) is 5.52. The Hall–Kier alpha value is -1.06. The van der Waals surface area contributed by atoms with Gasteiger partial charge in [0.05, 0.1) is 7.11 Å². The molecule has 0 bridgehead atoms. The summed E-state index contributed by atoms with van der Waals surface area (Å²) in [7, 11) is 1.23. The molecule has 4 nitrogen and oxygen atoms in total. The van der Waals surface area contributed by atoms with Crippen molar-refractivity contribution in [3.05, 3.63) is 0 Å². The van der Waals surface area contributed by atoms with Gasteiger partial charge in [0.2, 0.25) is 0 Å². The monoisotopic (exact) mass is 258 g/mol. The summed E-state index contributed by atoms with van der Waals surface area (Å²) < 4.78 is 4.57. The number of hydrogen-bond acceptors (Lipinski definition) is 3. The molecule has 0 rings (SSSR count). The van der Waals surface area contributed by atoms with Gasteiger partial charge in [-0.25, -0.2) is 0 Å². The first-order valence-corrected chi connectivity index (χ1v) is 6.80. The number of esters is 1. The van der Waals surface area contributed by atoms with E-state index in [-0.39, 0.29) is 0 Å². The highest BCUT2D eigenvalue weighted by molar-refractivity contribution is 5.98. The Morgan fingerprint density at radius 1 is 1.06 bits per heavy atom. The predicted molar refractivity (Wildman–Crippen MR) is 70.4 cm³/mol. The highest BCUT2D eigenvalue weighted by atomic mass is 16.5. The minimum atomic E-state index is -1.39. The van der Waals surface area contributed by atoms with E-state index in [4.69, 9.17) is 5.11 Å². The number of carbonyl (C=O) groups is 2. The second kappa shape index (κ2) is 8.95. The van der Waals surface area contributed by atoms with Crippen LogP contribution in [0.4, 0.5) is 0 Å². The molecule has 0 saturated carbocycles. The van der Waals surface area contributed by atoms with Gasteiger partial charge >= 0.3 is 11.9 Å². The maximum atomic E-state index is 11.5. The maximum Gasteiger partial charge on any atom is 0.322 e. The lowest BCUT2D eigenvalue weighted by Crippen LogP contribution is -2.37. The first-order chi connectivity index (χ1) is 8.49. The molecule has 1 N–H and O–H groups in total. The van der Waals surface area contributed by atoms with E-state index in [0.717, 1.165) is 19.3 Å². The minimum absolute atomic E-state index is 0.350. The Balaban J connectivity index is 3.92. The molecule has 0 radical (unpaired) electrons. The third-order valence-electron chi connectivity index (χ3n) is 3.39. The molecule has 0 aliphatic heterocycles. The molecule has 18 heavy (non-hydrogen) atoms. The van der Waals surface area contributed by atoms with Crippen molar-refractivity contribution in [2.24, 2.45) is 5.41 Å². The average molecular weight is 258 g/mol. The number of hydrogen-bond donors (Lipinski definition) is 1. The van der Waals surface area contributed by atoms with Crippen molar-refractivity contribution in [1.82, 2.24) is 0 Å². The SMILES string of the molecule is CCCCCCCCCC(C)(C(=O)O)C(=O)OC. The molecule has 0 aromatic rings. The molecular formula is C14H26O4. The van der Waals surface area contributed by atoms with Crippen molar-refractivity contribution in [2.75, 3.05) is 7.11 Å². The van der Waals surface area contributed by atoms with Crippen molar-refractivity contribution < 1.29 is 19.4 Å². The molecule has 0 aliphatic rings. The van der Waals surface area contributed by atoms with Gasteiger partial charge in [0.15, 0.2) is 5.41 Å². The van der Waals surface area contributed by atoms with Crippen molar-refractivity contribution in [3.63, 3.8) is 0 Å². The molecular weight excluding hydrogens is 232 g/mol. The van der Waals surface area contributed by atoms with Gasteiger partial charge in [0, 0.05) is 0 Å². The Morgan fingerprint density at radius 2 is 1.56 bits per heavy atom. The number of methoxy groups -OCH3 is 1. The van der Waals surface area contributed by atoms with Crippen LogP contribution in [0.2, 0.25) is 0 Å². The Labute approximate surface area is 110 Å². The van der Waals surface area contributed by atoms with E-state index in [1.54, 1.807) is 0 Å². The summed E-state index contributed by atoms with van der Waals surface area (Å²) in [6.45, 7) is 3.62. The summed E-state index contributed by atoms with van der Waals surface area (Å²) in [4.78, 5) is 22.6. The molecule has 0 saturated heterocycles. The van der Waals surface area contributed by atoms with Crippen LogP contribution in [0.25, 0.3) is 0 Å². The Kier molecular flexibility index (Phi) is 8.42. The standard InChI is InChI=1S/C14H26O4/c1-4-5-6-7-8-9-10-11-14(2,12(15)16)13(17)18-3/h4-11H2,1-3H3,(H,15,16). The van der Waals surface area contributed by atoms with E-state index >= 15 is 0 Å². The topological polar surface area (TPSA) is 63.6 Å². The average Bonchev–Trinajstić information content (AvgIpc) is 2.36. The molecule has 106 valence electrons. The second-order valence-electron chi connectivity index (χ2n) is 5.00. The van der Waals surface area contributed by atoms with E-state index in [2.05, 4.69) is 11.7 Å². The lowest BCUT2D eigenvalue weighted by molar-refractivity contribution is -0.166. The van der Waals surface area contributed by atoms with E-state index in [1.807, 2.05) is 0 Å². The molecule has 0 heterocycles. The lowest BCUT2D eigenvalue weighted by Gasteiger charge is -2.21. The van der Waals surface area contributed by atoms with Gasteiger partial charge in [-0.15, -0.1) is 0 Å². The maximum absolute atomic E-state index is 11.5. The zero-order valence-electron chi connectivity index (χ0n) is 11.8. The number of aliphatic carboxylic acids is 1. The van der Waals surface area contributed by atoms with Gasteiger partial charge in [-0.05, 0) is 13.3 Å². The number of carboxylic acid groups (broad SMARTS) is 1. The number of carbonyl (C=O) groups excluding carboxylic acids is 1. The summed E-state index contributed by atoms with van der Waals surface area (Å²) in [6.07, 6.45) is 8.10. The van der Waals surface area contributed by atoms with Gasteiger partial charge in [-0.2, -0.15) is 0 Å². The van der Waals surface area contributed by atoms with Crippen LogP contribution in [0.3, 0.4) is 0 Å². The summed E-state index contributed by atoms with van der Waals surface area (Å²) in [5.41, 5.74) is -1.39. The quantitative estimate of drug-likeness (QED) is 0.370. The fourth-order valence-corrected chi connectivity index (χ4v) is 1.96. The van der Waals surface area contributed by atoms with Crippen LogP contribution in [0, 0.1) is 5.41 Å². The van der Waals surface area contributed by atoms with E-state index in [9.17, 15) is 9.59 Å². The van der Waals surface area contributed by atoms with Crippen molar-refractivity contribution in [1.29, 1.82) is 0 Å². The van der Waals surface area contributed by atoms with Gasteiger partial charge in [0.25, 0.3) is 0 Å². The summed E-state index contributed by atoms with van der Waals surface area (Å²) in [5.74, 6) is -1.75. The van der Waals surface area contributed by atoms with E-state index in [1.165, 1.54) is 39.7 Å². The van der Waals surface area contributed by atoms with Crippen molar-refractivity contribution >= 4 is 11.9 Å². The van der Waals surface area contributed by atoms with Crippen LogP contribution >= 0.6 is 0 Å². The molecule has 1 unspecified atom stereocenters. The Morgan fingerprint density at radius 3 is 2.00 bits per heavy atom. The second-order valence-corrected chi connectivity index (χ2v) is 5.00. The number of unbranched alkanes of at least 4 members (excludes halogenated alkanes) is 6. The Bertz CT molecular complexity index is 263. The molecule has 0 spiro atoms. The first-order valence-electron chi connectivity index (χ1n) is 6.80. The highest BCUT2D eigenvalue weighted by Crippen LogP contribution is 2.27. The first kappa shape index (κ1) is 16.9. The van der Waals surface area contributed by atoms with Crippen LogP contribution in [0.1, 0.15) is 65.2 Å². The lowest BCUT2D eigenvalue weighted by atomic mass is 9.84. The van der Waals surface area contributed by atoms with Crippen LogP contribution in [-0.4, -0.2) is 24.2 Å².